The molecule has 1 heterocycles. The highest BCUT2D eigenvalue weighted by molar-refractivity contribution is 5.87. The van der Waals surface area contributed by atoms with E-state index in [1.54, 1.807) is 0 Å². The number of non-ortho nitro benzene ring substituents is 1. The van der Waals surface area contributed by atoms with Gasteiger partial charge in [0.1, 0.15) is 6.21 Å². The van der Waals surface area contributed by atoms with Gasteiger partial charge in [0, 0.05) is 12.1 Å². The van der Waals surface area contributed by atoms with Gasteiger partial charge in [0.15, 0.2) is 11.2 Å². The Morgan fingerprint density at radius 3 is 2.88 bits per heavy atom. The van der Waals surface area contributed by atoms with Gasteiger partial charge in [-0.25, -0.2) is 0 Å². The number of benzene rings is 1. The van der Waals surface area contributed by atoms with E-state index in [4.69, 9.17) is 9.62 Å². The van der Waals surface area contributed by atoms with Gasteiger partial charge in [0.25, 0.3) is 0 Å². The number of rotatable bonds is 2. The van der Waals surface area contributed by atoms with E-state index in [2.05, 4.69) is 5.16 Å². The van der Waals surface area contributed by atoms with Gasteiger partial charge in [-0.15, -0.1) is 0 Å². The number of hydrogen-bond acceptors (Lipinski definition) is 6. The zero-order valence-corrected chi connectivity index (χ0v) is 8.36. The summed E-state index contributed by atoms with van der Waals surface area (Å²) < 4.78 is 5.12. The van der Waals surface area contributed by atoms with E-state index in [-0.39, 0.29) is 22.4 Å². The second kappa shape index (κ2) is 4.05. The first-order valence-corrected chi connectivity index (χ1v) is 4.52. The summed E-state index contributed by atoms with van der Waals surface area (Å²) in [5.41, 5.74) is -0.891. The van der Waals surface area contributed by atoms with Crippen molar-refractivity contribution in [3.63, 3.8) is 0 Å². The van der Waals surface area contributed by atoms with E-state index in [0.717, 1.165) is 12.3 Å². The quantitative estimate of drug-likeness (QED) is 0.367. The first-order chi connectivity index (χ1) is 8.13. The van der Waals surface area contributed by atoms with Crippen molar-refractivity contribution in [2.24, 2.45) is 5.16 Å². The van der Waals surface area contributed by atoms with Gasteiger partial charge in [-0.2, -0.15) is 0 Å². The molecule has 0 amide bonds. The topological polar surface area (TPSA) is 106 Å². The third kappa shape index (κ3) is 1.85. The lowest BCUT2D eigenvalue weighted by Gasteiger charge is -1.99. The standard InChI is InChI=1S/C10H6N2O5/c13-9-4-6(5-11-14)17-10-7(9)2-1-3-8(10)12(15)16/h1-5,14H. The molecule has 1 aromatic heterocycles. The van der Waals surface area contributed by atoms with Crippen LogP contribution in [0, 0.1) is 10.1 Å². The first-order valence-electron chi connectivity index (χ1n) is 4.52. The first kappa shape index (κ1) is 10.8. The Balaban J connectivity index is 2.88. The maximum Gasteiger partial charge on any atom is 0.312 e. The molecule has 17 heavy (non-hydrogen) atoms. The van der Waals surface area contributed by atoms with Crippen LogP contribution in [0.1, 0.15) is 5.76 Å². The van der Waals surface area contributed by atoms with Crippen LogP contribution >= 0.6 is 0 Å². The van der Waals surface area contributed by atoms with Crippen LogP contribution in [0.25, 0.3) is 11.0 Å². The maximum atomic E-state index is 11.6. The van der Waals surface area contributed by atoms with Crippen molar-refractivity contribution in [3.05, 3.63) is 50.4 Å². The minimum atomic E-state index is -0.648. The lowest BCUT2D eigenvalue weighted by molar-refractivity contribution is -0.383. The summed E-state index contributed by atoms with van der Waals surface area (Å²) in [6.07, 6.45) is 0.886. The summed E-state index contributed by atoms with van der Waals surface area (Å²) in [5, 5.41) is 21.9. The average molecular weight is 234 g/mol. The summed E-state index contributed by atoms with van der Waals surface area (Å²) in [5.74, 6) is -0.0562. The molecule has 1 N–H and O–H groups in total. The highest BCUT2D eigenvalue weighted by Crippen LogP contribution is 2.23. The fourth-order valence-corrected chi connectivity index (χ4v) is 1.44. The fourth-order valence-electron chi connectivity index (χ4n) is 1.44. The van der Waals surface area contributed by atoms with Crippen LogP contribution in [0.5, 0.6) is 0 Å². The summed E-state index contributed by atoms with van der Waals surface area (Å²) in [7, 11) is 0. The molecule has 0 saturated carbocycles. The molecule has 7 nitrogen and oxygen atoms in total. The second-order valence-corrected chi connectivity index (χ2v) is 3.17. The van der Waals surface area contributed by atoms with Crippen molar-refractivity contribution in [1.29, 1.82) is 0 Å². The molecule has 7 heteroatoms. The molecule has 0 spiro atoms. The van der Waals surface area contributed by atoms with Gasteiger partial charge in [-0.3, -0.25) is 14.9 Å². The van der Waals surface area contributed by atoms with Crippen LogP contribution in [0.3, 0.4) is 0 Å². The predicted molar refractivity (Wildman–Crippen MR) is 58.5 cm³/mol. The molecule has 86 valence electrons. The molecule has 0 aliphatic rings. The largest absolute Gasteiger partial charge is 0.447 e. The normalized spacial score (nSPS) is 11.1. The Hall–Kier alpha value is -2.70. The zero-order chi connectivity index (χ0) is 12.4. The molecule has 0 bridgehead atoms. The number of nitro benzene ring substituents is 1. The van der Waals surface area contributed by atoms with Crippen molar-refractivity contribution in [3.8, 4) is 0 Å². The lowest BCUT2D eigenvalue weighted by Crippen LogP contribution is -2.03. The molecular formula is C10H6N2O5. The van der Waals surface area contributed by atoms with Crippen LogP contribution in [0.4, 0.5) is 5.69 Å². The van der Waals surface area contributed by atoms with Crippen LogP contribution in [0.2, 0.25) is 0 Å². The number of fused-ring (bicyclic) bond motifs is 1. The number of nitrogens with zero attached hydrogens (tertiary/aromatic N) is 2. The minimum absolute atomic E-state index is 0.0562. The molecule has 0 fully saturated rings. The average Bonchev–Trinajstić information content (AvgIpc) is 2.28. The minimum Gasteiger partial charge on any atom is -0.447 e. The van der Waals surface area contributed by atoms with Crippen molar-refractivity contribution < 1.29 is 14.5 Å². The second-order valence-electron chi connectivity index (χ2n) is 3.17. The maximum absolute atomic E-state index is 11.6. The number of nitro groups is 1. The van der Waals surface area contributed by atoms with Crippen molar-refractivity contribution >= 4 is 22.9 Å². The number of hydrogen-bond donors (Lipinski definition) is 1. The van der Waals surface area contributed by atoms with Crippen molar-refractivity contribution in [2.45, 2.75) is 0 Å². The van der Waals surface area contributed by atoms with Crippen LogP contribution in [0.15, 0.2) is 38.6 Å². The highest BCUT2D eigenvalue weighted by atomic mass is 16.6. The molecule has 0 unspecified atom stereocenters. The Morgan fingerprint density at radius 2 is 2.24 bits per heavy atom. The van der Waals surface area contributed by atoms with Gasteiger partial charge in [0.2, 0.25) is 5.58 Å². The zero-order valence-electron chi connectivity index (χ0n) is 8.36. The monoisotopic (exact) mass is 234 g/mol. The number of oxime groups is 1. The van der Waals surface area contributed by atoms with Gasteiger partial charge in [-0.1, -0.05) is 11.2 Å². The Kier molecular flexibility index (Phi) is 2.57. The third-order valence-electron chi connectivity index (χ3n) is 2.13. The molecule has 0 atom stereocenters. The highest BCUT2D eigenvalue weighted by Gasteiger charge is 2.16. The van der Waals surface area contributed by atoms with E-state index in [1.807, 2.05) is 0 Å². The molecule has 0 aliphatic heterocycles. The molecule has 1 aromatic carbocycles. The van der Waals surface area contributed by atoms with Crippen LogP contribution < -0.4 is 5.43 Å². The summed E-state index contributed by atoms with van der Waals surface area (Å²) >= 11 is 0. The Morgan fingerprint density at radius 1 is 1.47 bits per heavy atom. The Bertz CT molecular complexity index is 674. The SMILES string of the molecule is O=c1cc(C=NO)oc2c([N+](=O)[O-])cccc12. The summed E-state index contributed by atoms with van der Waals surface area (Å²) in [4.78, 5) is 21.7. The van der Waals surface area contributed by atoms with Crippen LogP contribution in [-0.2, 0) is 0 Å². The van der Waals surface area contributed by atoms with Gasteiger partial charge in [-0.05, 0) is 6.07 Å². The smallest absolute Gasteiger partial charge is 0.312 e. The number of para-hydroxylation sites is 1. The third-order valence-corrected chi connectivity index (χ3v) is 2.13. The van der Waals surface area contributed by atoms with Crippen molar-refractivity contribution in [2.75, 3.05) is 0 Å². The van der Waals surface area contributed by atoms with E-state index in [0.29, 0.717) is 0 Å². The van der Waals surface area contributed by atoms with Gasteiger partial charge >= 0.3 is 5.69 Å². The van der Waals surface area contributed by atoms with Crippen molar-refractivity contribution in [1.82, 2.24) is 0 Å². The molecule has 2 aromatic rings. The van der Waals surface area contributed by atoms with Gasteiger partial charge < -0.3 is 9.62 Å². The van der Waals surface area contributed by atoms with E-state index in [1.165, 1.54) is 18.2 Å². The molecule has 0 saturated heterocycles. The Labute approximate surface area is 93.7 Å². The summed E-state index contributed by atoms with van der Waals surface area (Å²) in [6, 6.07) is 5.14. The van der Waals surface area contributed by atoms with E-state index < -0.39 is 10.4 Å². The molecule has 0 aliphatic carbocycles. The molecular weight excluding hydrogens is 228 g/mol. The van der Waals surface area contributed by atoms with Crippen LogP contribution in [-0.4, -0.2) is 16.3 Å². The molecule has 2 rings (SSSR count). The van der Waals surface area contributed by atoms with E-state index in [9.17, 15) is 14.9 Å². The molecule has 0 radical (unpaired) electrons. The van der Waals surface area contributed by atoms with Gasteiger partial charge in [0.05, 0.1) is 10.3 Å². The van der Waals surface area contributed by atoms with E-state index >= 15 is 0 Å². The fraction of sp³-hybridized carbons (Fsp3) is 0. The lowest BCUT2D eigenvalue weighted by atomic mass is 10.2. The predicted octanol–water partition coefficient (Wildman–Crippen LogP) is 1.51. The summed E-state index contributed by atoms with van der Waals surface area (Å²) in [6.45, 7) is 0.